The maximum atomic E-state index is 10.9. The van der Waals surface area contributed by atoms with Crippen molar-refractivity contribution in [2.24, 2.45) is 0 Å². The van der Waals surface area contributed by atoms with Gasteiger partial charge >= 0.3 is 5.97 Å². The van der Waals surface area contributed by atoms with Crippen molar-refractivity contribution in [3.8, 4) is 11.8 Å². The predicted molar refractivity (Wildman–Crippen MR) is 123 cm³/mol. The average molecular weight is 463 g/mol. The van der Waals surface area contributed by atoms with E-state index in [4.69, 9.17) is 19.0 Å². The van der Waals surface area contributed by atoms with Gasteiger partial charge in [-0.1, -0.05) is 36.4 Å². The lowest BCUT2D eigenvalue weighted by molar-refractivity contribution is -0.136. The number of hydrogen-bond acceptors (Lipinski definition) is 7. The van der Waals surface area contributed by atoms with Crippen molar-refractivity contribution in [1.29, 1.82) is 0 Å². The highest BCUT2D eigenvalue weighted by Crippen LogP contribution is 2.28. The van der Waals surface area contributed by atoms with E-state index in [9.17, 15) is 4.79 Å². The van der Waals surface area contributed by atoms with E-state index >= 15 is 0 Å². The fourth-order valence-corrected chi connectivity index (χ4v) is 3.55. The van der Waals surface area contributed by atoms with Crippen molar-refractivity contribution in [1.82, 2.24) is 19.7 Å². The monoisotopic (exact) mass is 462 g/mol. The van der Waals surface area contributed by atoms with Gasteiger partial charge in [-0.3, -0.25) is 9.48 Å². The molecule has 0 saturated heterocycles. The summed E-state index contributed by atoms with van der Waals surface area (Å²) in [6, 6.07) is 13.5. The molecule has 0 aliphatic heterocycles. The Hall–Kier alpha value is -4.14. The van der Waals surface area contributed by atoms with E-state index in [1.807, 2.05) is 56.4 Å². The number of rotatable bonds is 11. The lowest BCUT2D eigenvalue weighted by atomic mass is 10.1. The maximum Gasteiger partial charge on any atom is 0.303 e. The van der Waals surface area contributed by atoms with Gasteiger partial charge < -0.3 is 19.0 Å². The van der Waals surface area contributed by atoms with E-state index in [0.717, 1.165) is 16.7 Å². The van der Waals surface area contributed by atoms with Gasteiger partial charge in [-0.25, -0.2) is 9.97 Å². The minimum atomic E-state index is -0.857. The Morgan fingerprint density at radius 3 is 2.65 bits per heavy atom. The van der Waals surface area contributed by atoms with Crippen molar-refractivity contribution in [3.63, 3.8) is 0 Å². The highest BCUT2D eigenvalue weighted by atomic mass is 16.5. The van der Waals surface area contributed by atoms with Crippen LogP contribution in [-0.2, 0) is 17.8 Å². The minimum absolute atomic E-state index is 0.0208. The van der Waals surface area contributed by atoms with Crippen LogP contribution in [0.1, 0.15) is 47.6 Å². The third-order valence-corrected chi connectivity index (χ3v) is 5.20. The first kappa shape index (κ1) is 23.0. The Morgan fingerprint density at radius 1 is 1.18 bits per heavy atom. The fourth-order valence-electron chi connectivity index (χ4n) is 3.55. The Morgan fingerprint density at radius 2 is 2.00 bits per heavy atom. The first-order valence-electron chi connectivity index (χ1n) is 11.0. The second kappa shape index (κ2) is 10.7. The molecule has 0 amide bonds. The molecule has 9 heteroatoms. The van der Waals surface area contributed by atoms with Gasteiger partial charge in [0.1, 0.15) is 11.5 Å². The van der Waals surface area contributed by atoms with Gasteiger partial charge in [0.15, 0.2) is 12.5 Å². The van der Waals surface area contributed by atoms with E-state index in [0.29, 0.717) is 42.8 Å². The van der Waals surface area contributed by atoms with Crippen LogP contribution in [0.25, 0.3) is 0 Å². The quantitative estimate of drug-likeness (QED) is 0.353. The summed E-state index contributed by atoms with van der Waals surface area (Å²) < 4.78 is 18.9. The molecule has 0 spiro atoms. The molecule has 1 atom stereocenters. The Labute approximate surface area is 197 Å². The molecule has 1 N–H and O–H groups in total. The number of carbonyl (C=O) groups is 1. The van der Waals surface area contributed by atoms with Crippen LogP contribution >= 0.6 is 0 Å². The number of hydrogen-bond donors (Lipinski definition) is 1. The molecule has 0 fully saturated rings. The van der Waals surface area contributed by atoms with Crippen LogP contribution in [0.2, 0.25) is 0 Å². The molecule has 0 radical (unpaired) electrons. The summed E-state index contributed by atoms with van der Waals surface area (Å²) in [5, 5.41) is 13.4. The zero-order valence-corrected chi connectivity index (χ0v) is 19.0. The molecule has 4 rings (SSSR count). The smallest absolute Gasteiger partial charge is 0.303 e. The number of oxazole rings is 1. The van der Waals surface area contributed by atoms with Gasteiger partial charge in [0.25, 0.3) is 0 Å². The number of carboxylic acids is 1. The molecule has 0 aliphatic carbocycles. The fraction of sp³-hybridized carbons (Fsp3) is 0.280. The molecule has 9 nitrogen and oxygen atoms in total. The first-order valence-corrected chi connectivity index (χ1v) is 11.0. The number of pyridine rings is 1. The molecule has 3 aromatic heterocycles. The lowest BCUT2D eigenvalue weighted by Gasteiger charge is -2.17. The van der Waals surface area contributed by atoms with Crippen molar-refractivity contribution in [2.45, 2.75) is 39.3 Å². The van der Waals surface area contributed by atoms with E-state index in [1.54, 1.807) is 16.9 Å². The first-order chi connectivity index (χ1) is 16.5. The van der Waals surface area contributed by atoms with Gasteiger partial charge in [0.05, 0.1) is 13.2 Å². The number of aromatic nitrogens is 4. The summed E-state index contributed by atoms with van der Waals surface area (Å²) in [7, 11) is 0. The molecule has 3 heterocycles. The van der Waals surface area contributed by atoms with E-state index < -0.39 is 12.1 Å². The molecule has 1 aromatic carbocycles. The minimum Gasteiger partial charge on any atom is -0.481 e. The third-order valence-electron chi connectivity index (χ3n) is 5.20. The summed E-state index contributed by atoms with van der Waals surface area (Å²) in [6.45, 7) is 4.64. The summed E-state index contributed by atoms with van der Waals surface area (Å²) in [4.78, 5) is 19.7. The number of nitrogens with zero attached hydrogens (tertiary/aromatic N) is 4. The largest absolute Gasteiger partial charge is 0.481 e. The SMILES string of the molecule is CCOc1nn(Cc2ccc(OC(c3ccccc3)c3ncoc3C)nc2)cc1CCC(=O)O. The Balaban J connectivity index is 1.49. The van der Waals surface area contributed by atoms with Crippen LogP contribution in [0.5, 0.6) is 11.8 Å². The number of aryl methyl sites for hydroxylation is 2. The van der Waals surface area contributed by atoms with Gasteiger partial charge in [-0.15, -0.1) is 5.10 Å². The molecule has 0 bridgehead atoms. The average Bonchev–Trinajstić information content (AvgIpc) is 3.43. The molecule has 34 heavy (non-hydrogen) atoms. The highest BCUT2D eigenvalue weighted by Gasteiger charge is 2.22. The second-order valence-electron chi connectivity index (χ2n) is 7.69. The summed E-state index contributed by atoms with van der Waals surface area (Å²) in [5.41, 5.74) is 3.33. The summed E-state index contributed by atoms with van der Waals surface area (Å²) in [5.74, 6) is 0.750. The predicted octanol–water partition coefficient (Wildman–Crippen LogP) is 4.21. The standard InChI is InChI=1S/C25H26N4O5/c1-3-32-25-20(10-12-22(30)31)15-29(28-25)14-18-9-11-21(26-13-18)34-24(19-7-5-4-6-8-19)23-17(2)33-16-27-23/h4-9,11,13,15-16,24H,3,10,12,14H2,1-2H3,(H,30,31). The summed E-state index contributed by atoms with van der Waals surface area (Å²) in [6.07, 6.45) is 4.88. The van der Waals surface area contributed by atoms with Gasteiger partial charge in [-0.2, -0.15) is 0 Å². The number of aliphatic carboxylic acids is 1. The zero-order chi connectivity index (χ0) is 23.9. The van der Waals surface area contributed by atoms with Crippen LogP contribution in [-0.4, -0.2) is 37.4 Å². The number of carboxylic acid groups (broad SMARTS) is 1. The topological polar surface area (TPSA) is 113 Å². The molecule has 1 unspecified atom stereocenters. The normalized spacial score (nSPS) is 11.8. The Bertz CT molecular complexity index is 1220. The van der Waals surface area contributed by atoms with E-state index in [1.165, 1.54) is 6.39 Å². The third kappa shape index (κ3) is 5.61. The van der Waals surface area contributed by atoms with Crippen molar-refractivity contribution in [3.05, 3.63) is 89.4 Å². The van der Waals surface area contributed by atoms with Crippen LogP contribution in [0.4, 0.5) is 0 Å². The van der Waals surface area contributed by atoms with Crippen molar-refractivity contribution in [2.75, 3.05) is 6.61 Å². The van der Waals surface area contributed by atoms with Crippen LogP contribution in [0.15, 0.2) is 65.7 Å². The lowest BCUT2D eigenvalue weighted by Crippen LogP contribution is -2.12. The molecule has 176 valence electrons. The van der Waals surface area contributed by atoms with Crippen molar-refractivity contribution < 1.29 is 23.8 Å². The zero-order valence-electron chi connectivity index (χ0n) is 19.0. The van der Waals surface area contributed by atoms with Crippen LogP contribution in [0.3, 0.4) is 0 Å². The van der Waals surface area contributed by atoms with Crippen molar-refractivity contribution >= 4 is 5.97 Å². The van der Waals surface area contributed by atoms with Gasteiger partial charge in [0, 0.05) is 30.4 Å². The number of benzene rings is 1. The number of ether oxygens (including phenoxy) is 2. The summed E-state index contributed by atoms with van der Waals surface area (Å²) >= 11 is 0. The van der Waals surface area contributed by atoms with Crippen LogP contribution in [0, 0.1) is 6.92 Å². The van der Waals surface area contributed by atoms with Gasteiger partial charge in [-0.05, 0) is 31.4 Å². The molecule has 4 aromatic rings. The maximum absolute atomic E-state index is 10.9. The Kier molecular flexibility index (Phi) is 7.22. The van der Waals surface area contributed by atoms with E-state index in [-0.39, 0.29) is 6.42 Å². The van der Waals surface area contributed by atoms with Crippen LogP contribution < -0.4 is 9.47 Å². The molecular weight excluding hydrogens is 436 g/mol. The highest BCUT2D eigenvalue weighted by molar-refractivity contribution is 5.67. The molecular formula is C25H26N4O5. The van der Waals surface area contributed by atoms with E-state index in [2.05, 4.69) is 15.1 Å². The van der Waals surface area contributed by atoms with Gasteiger partial charge in [0.2, 0.25) is 11.8 Å². The molecule has 0 aliphatic rings. The molecule has 0 saturated carbocycles. The second-order valence-corrected chi connectivity index (χ2v) is 7.69.